The van der Waals surface area contributed by atoms with Crippen molar-refractivity contribution in [2.24, 2.45) is 0 Å². The molecule has 0 atom stereocenters. The molecular formula is C27H18Cl2FN3O2S. The largest absolute Gasteiger partial charge is 0.293 e. The maximum absolute atomic E-state index is 14.1. The SMILES string of the molecule is O=C1S/C(=C\c2cn(Cc3ccc(Cl)cc3Cl)nc2-c2ccccc2)C(=O)N1Cc1ccccc1F. The second-order valence-corrected chi connectivity index (χ2v) is 9.93. The highest BCUT2D eigenvalue weighted by Crippen LogP contribution is 2.35. The van der Waals surface area contributed by atoms with Crippen molar-refractivity contribution in [3.63, 3.8) is 0 Å². The highest BCUT2D eigenvalue weighted by Gasteiger charge is 2.35. The summed E-state index contributed by atoms with van der Waals surface area (Å²) in [7, 11) is 0. The lowest BCUT2D eigenvalue weighted by molar-refractivity contribution is -0.123. The van der Waals surface area contributed by atoms with Crippen molar-refractivity contribution >= 4 is 52.2 Å². The third-order valence-corrected chi connectivity index (χ3v) is 7.13. The standard InChI is InChI=1S/C27H18Cl2FN3O2S/c28-21-11-10-18(22(29)13-21)14-32-15-20(25(31-32)17-6-2-1-3-7-17)12-24-26(34)33(27(35)36-24)16-19-8-4-5-9-23(19)30/h1-13,15H,14,16H2/b24-12-. The smallest absolute Gasteiger partial charge is 0.268 e. The second-order valence-electron chi connectivity index (χ2n) is 8.09. The molecule has 36 heavy (non-hydrogen) atoms. The van der Waals surface area contributed by atoms with Crippen LogP contribution < -0.4 is 0 Å². The van der Waals surface area contributed by atoms with Crippen molar-refractivity contribution in [2.45, 2.75) is 13.1 Å². The molecule has 0 unspecified atom stereocenters. The van der Waals surface area contributed by atoms with E-state index in [0.717, 1.165) is 27.8 Å². The summed E-state index contributed by atoms with van der Waals surface area (Å²) in [6, 6.07) is 20.9. The van der Waals surface area contributed by atoms with E-state index in [-0.39, 0.29) is 17.0 Å². The molecule has 5 rings (SSSR count). The lowest BCUT2D eigenvalue weighted by Crippen LogP contribution is -2.27. The topological polar surface area (TPSA) is 55.2 Å². The van der Waals surface area contributed by atoms with E-state index >= 15 is 0 Å². The number of halogens is 3. The quantitative estimate of drug-likeness (QED) is 0.242. The van der Waals surface area contributed by atoms with Crippen LogP contribution in [0.3, 0.4) is 0 Å². The van der Waals surface area contributed by atoms with Crippen LogP contribution in [-0.2, 0) is 17.9 Å². The van der Waals surface area contributed by atoms with Crippen molar-refractivity contribution in [1.82, 2.24) is 14.7 Å². The Balaban J connectivity index is 1.48. The number of nitrogens with zero attached hydrogens (tertiary/aromatic N) is 3. The number of benzene rings is 3. The summed E-state index contributed by atoms with van der Waals surface area (Å²) < 4.78 is 15.8. The molecule has 1 aliphatic rings. The molecule has 0 spiro atoms. The molecule has 2 amide bonds. The first kappa shape index (κ1) is 24.3. The van der Waals surface area contributed by atoms with E-state index in [4.69, 9.17) is 28.3 Å². The van der Waals surface area contributed by atoms with Crippen molar-refractivity contribution in [2.75, 3.05) is 0 Å². The van der Waals surface area contributed by atoms with Crippen LogP contribution in [0.5, 0.6) is 0 Å². The van der Waals surface area contributed by atoms with Crippen molar-refractivity contribution in [3.8, 4) is 11.3 Å². The molecule has 1 aliphatic heterocycles. The zero-order valence-corrected chi connectivity index (χ0v) is 21.0. The van der Waals surface area contributed by atoms with Crippen LogP contribution in [0.15, 0.2) is 83.9 Å². The Bertz CT molecular complexity index is 1500. The lowest BCUT2D eigenvalue weighted by Gasteiger charge is -2.12. The van der Waals surface area contributed by atoms with Crippen LogP contribution >= 0.6 is 35.0 Å². The first-order valence-electron chi connectivity index (χ1n) is 10.9. The van der Waals surface area contributed by atoms with Gasteiger partial charge < -0.3 is 0 Å². The molecule has 5 nitrogen and oxygen atoms in total. The molecular weight excluding hydrogens is 520 g/mol. The summed E-state index contributed by atoms with van der Waals surface area (Å²) in [5, 5.41) is 5.35. The highest BCUT2D eigenvalue weighted by molar-refractivity contribution is 8.18. The van der Waals surface area contributed by atoms with Gasteiger partial charge in [-0.3, -0.25) is 19.2 Å². The Kier molecular flexibility index (Phi) is 6.96. The Morgan fingerprint density at radius 1 is 0.917 bits per heavy atom. The molecule has 3 aromatic carbocycles. The molecule has 0 aliphatic carbocycles. The fourth-order valence-electron chi connectivity index (χ4n) is 3.84. The minimum absolute atomic E-state index is 0.130. The number of imide groups is 1. The van der Waals surface area contributed by atoms with Crippen LogP contribution in [0.4, 0.5) is 9.18 Å². The maximum atomic E-state index is 14.1. The number of amides is 2. The molecule has 0 bridgehead atoms. The van der Waals surface area contributed by atoms with Gasteiger partial charge in [-0.2, -0.15) is 5.10 Å². The monoisotopic (exact) mass is 537 g/mol. The molecule has 0 radical (unpaired) electrons. The number of aromatic nitrogens is 2. The zero-order chi connectivity index (χ0) is 25.2. The predicted molar refractivity (Wildman–Crippen MR) is 141 cm³/mol. The van der Waals surface area contributed by atoms with Gasteiger partial charge in [-0.05, 0) is 41.6 Å². The Labute approximate surface area is 221 Å². The number of rotatable bonds is 6. The van der Waals surface area contributed by atoms with Gasteiger partial charge in [0.1, 0.15) is 5.82 Å². The van der Waals surface area contributed by atoms with E-state index < -0.39 is 17.0 Å². The molecule has 0 saturated carbocycles. The number of hydrogen-bond acceptors (Lipinski definition) is 4. The number of carbonyl (C=O) groups excluding carboxylic acids is 2. The molecule has 180 valence electrons. The molecule has 4 aromatic rings. The van der Waals surface area contributed by atoms with Gasteiger partial charge in [0, 0.05) is 32.9 Å². The first-order valence-corrected chi connectivity index (χ1v) is 12.5. The van der Waals surface area contributed by atoms with Gasteiger partial charge in [0.2, 0.25) is 0 Å². The minimum atomic E-state index is -0.472. The summed E-state index contributed by atoms with van der Waals surface area (Å²) in [6.45, 7) is 0.257. The minimum Gasteiger partial charge on any atom is -0.268 e. The van der Waals surface area contributed by atoms with Gasteiger partial charge in [-0.1, -0.05) is 77.8 Å². The highest BCUT2D eigenvalue weighted by atomic mass is 35.5. The second kappa shape index (κ2) is 10.3. The average molecular weight is 538 g/mol. The maximum Gasteiger partial charge on any atom is 0.293 e. The van der Waals surface area contributed by atoms with Crippen LogP contribution in [0.25, 0.3) is 17.3 Å². The first-order chi connectivity index (χ1) is 17.4. The average Bonchev–Trinajstić information content (AvgIpc) is 3.38. The predicted octanol–water partition coefficient (Wildman–Crippen LogP) is 7.28. The molecule has 0 N–H and O–H groups in total. The van der Waals surface area contributed by atoms with Gasteiger partial charge in [0.25, 0.3) is 11.1 Å². The Hall–Kier alpha value is -3.39. The summed E-state index contributed by atoms with van der Waals surface area (Å²) >= 11 is 13.2. The summed E-state index contributed by atoms with van der Waals surface area (Å²) in [5.41, 5.74) is 3.29. The Morgan fingerprint density at radius 2 is 1.67 bits per heavy atom. The van der Waals surface area contributed by atoms with Gasteiger partial charge >= 0.3 is 0 Å². The van der Waals surface area contributed by atoms with Gasteiger partial charge in [0.15, 0.2) is 0 Å². The van der Waals surface area contributed by atoms with Crippen LogP contribution in [0.2, 0.25) is 10.0 Å². The fraction of sp³-hybridized carbons (Fsp3) is 0.0741. The fourth-order valence-corrected chi connectivity index (χ4v) is 5.14. The zero-order valence-electron chi connectivity index (χ0n) is 18.7. The van der Waals surface area contributed by atoms with Crippen LogP contribution in [0, 0.1) is 5.82 Å². The van der Waals surface area contributed by atoms with E-state index in [1.807, 2.05) is 36.4 Å². The number of hydrogen-bond donors (Lipinski definition) is 0. The van der Waals surface area contributed by atoms with E-state index in [1.165, 1.54) is 6.07 Å². The van der Waals surface area contributed by atoms with Crippen LogP contribution in [-0.4, -0.2) is 25.8 Å². The van der Waals surface area contributed by atoms with E-state index in [0.29, 0.717) is 27.8 Å². The third kappa shape index (κ3) is 5.09. The van der Waals surface area contributed by atoms with Crippen molar-refractivity contribution in [3.05, 3.63) is 116 Å². The molecule has 1 aromatic heterocycles. The van der Waals surface area contributed by atoms with E-state index in [9.17, 15) is 14.0 Å². The summed E-state index contributed by atoms with van der Waals surface area (Å²) in [6.07, 6.45) is 3.46. The number of thioether (sulfide) groups is 1. The van der Waals surface area contributed by atoms with Crippen molar-refractivity contribution in [1.29, 1.82) is 0 Å². The lowest BCUT2D eigenvalue weighted by atomic mass is 10.1. The van der Waals surface area contributed by atoms with E-state index in [1.54, 1.807) is 47.3 Å². The third-order valence-electron chi connectivity index (χ3n) is 5.63. The molecule has 1 fully saturated rings. The molecule has 1 saturated heterocycles. The summed E-state index contributed by atoms with van der Waals surface area (Å²) in [4.78, 5) is 27.0. The van der Waals surface area contributed by atoms with Crippen LogP contribution in [0.1, 0.15) is 16.7 Å². The Morgan fingerprint density at radius 3 is 2.42 bits per heavy atom. The van der Waals surface area contributed by atoms with Crippen molar-refractivity contribution < 1.29 is 14.0 Å². The van der Waals surface area contributed by atoms with Gasteiger partial charge in [-0.25, -0.2) is 4.39 Å². The van der Waals surface area contributed by atoms with E-state index in [2.05, 4.69) is 0 Å². The molecule has 9 heteroatoms. The van der Waals surface area contributed by atoms with Gasteiger partial charge in [-0.15, -0.1) is 0 Å². The summed E-state index contributed by atoms with van der Waals surface area (Å²) in [5.74, 6) is -0.935. The van der Waals surface area contributed by atoms with Gasteiger partial charge in [0.05, 0.1) is 23.7 Å². The molecule has 2 heterocycles. The number of carbonyl (C=O) groups is 2. The normalized spacial score (nSPS) is 14.8.